The molecule has 1 fully saturated rings. The Bertz CT molecular complexity index is 754. The average Bonchev–Trinajstić information content (AvgIpc) is 3.08. The lowest BCUT2D eigenvalue weighted by molar-refractivity contribution is -0.118. The summed E-state index contributed by atoms with van der Waals surface area (Å²) in [6.07, 6.45) is 0.596. The molecule has 1 aromatic heterocycles. The number of nitrogens with one attached hydrogen (secondary N) is 1. The number of carbonyl (C=O) groups excluding carboxylic acids is 2. The van der Waals surface area contributed by atoms with Gasteiger partial charge in [0.2, 0.25) is 5.91 Å². The van der Waals surface area contributed by atoms with E-state index in [1.165, 1.54) is 0 Å². The predicted octanol–water partition coefficient (Wildman–Crippen LogP) is 2.14. The topological polar surface area (TPSA) is 67.2 Å². The average molecular weight is 326 g/mol. The van der Waals surface area contributed by atoms with Crippen LogP contribution < -0.4 is 10.2 Å². The van der Waals surface area contributed by atoms with Gasteiger partial charge in [0, 0.05) is 18.3 Å². The molecule has 6 heteroatoms. The first-order chi connectivity index (χ1) is 11.5. The maximum atomic E-state index is 12.7. The lowest BCUT2D eigenvalue weighted by Crippen LogP contribution is -2.42. The maximum absolute atomic E-state index is 12.7. The van der Waals surface area contributed by atoms with E-state index >= 15 is 0 Å². The van der Waals surface area contributed by atoms with Crippen LogP contribution in [0.3, 0.4) is 0 Å². The van der Waals surface area contributed by atoms with Crippen LogP contribution in [0.25, 0.3) is 0 Å². The van der Waals surface area contributed by atoms with Gasteiger partial charge in [-0.15, -0.1) is 0 Å². The van der Waals surface area contributed by atoms with E-state index in [2.05, 4.69) is 10.4 Å². The second-order valence-corrected chi connectivity index (χ2v) is 6.14. The minimum Gasteiger partial charge on any atom is -0.339 e. The summed E-state index contributed by atoms with van der Waals surface area (Å²) in [5.74, 6) is -0.320. The SMILES string of the molecule is CCn1nc(C)cc1C(=O)N[C@@H]1C[C@H](C)N(c2ccccc2)C1=O. The van der Waals surface area contributed by atoms with Gasteiger partial charge in [0.05, 0.1) is 5.69 Å². The fraction of sp³-hybridized carbons (Fsp3) is 0.389. The summed E-state index contributed by atoms with van der Waals surface area (Å²) in [4.78, 5) is 27.0. The number of aryl methyl sites for hydroxylation is 2. The lowest BCUT2D eigenvalue weighted by atomic mass is 10.2. The molecule has 0 radical (unpaired) electrons. The zero-order valence-corrected chi connectivity index (χ0v) is 14.2. The van der Waals surface area contributed by atoms with Crippen molar-refractivity contribution in [2.75, 3.05) is 4.90 Å². The normalized spacial score (nSPS) is 20.5. The van der Waals surface area contributed by atoms with E-state index in [4.69, 9.17) is 0 Å². The quantitative estimate of drug-likeness (QED) is 0.936. The summed E-state index contributed by atoms with van der Waals surface area (Å²) >= 11 is 0. The van der Waals surface area contributed by atoms with Crippen LogP contribution in [-0.4, -0.2) is 33.7 Å². The fourth-order valence-corrected chi connectivity index (χ4v) is 3.22. The predicted molar refractivity (Wildman–Crippen MR) is 91.9 cm³/mol. The van der Waals surface area contributed by atoms with Crippen molar-refractivity contribution in [3.63, 3.8) is 0 Å². The monoisotopic (exact) mass is 326 g/mol. The molecule has 3 rings (SSSR count). The van der Waals surface area contributed by atoms with Gasteiger partial charge < -0.3 is 10.2 Å². The molecule has 0 saturated carbocycles. The minimum absolute atomic E-state index is 0.0445. The van der Waals surface area contributed by atoms with Crippen molar-refractivity contribution in [1.82, 2.24) is 15.1 Å². The Kier molecular flexibility index (Phi) is 4.38. The van der Waals surface area contributed by atoms with Crippen LogP contribution in [0.1, 0.15) is 36.5 Å². The van der Waals surface area contributed by atoms with Crippen LogP contribution in [0, 0.1) is 6.92 Å². The number of nitrogens with zero attached hydrogens (tertiary/aromatic N) is 3. The molecule has 2 heterocycles. The molecule has 126 valence electrons. The van der Waals surface area contributed by atoms with Crippen LogP contribution in [0.5, 0.6) is 0 Å². The number of para-hydroxylation sites is 1. The number of hydrogen-bond acceptors (Lipinski definition) is 3. The van der Waals surface area contributed by atoms with Gasteiger partial charge in [-0.1, -0.05) is 18.2 Å². The van der Waals surface area contributed by atoms with Crippen molar-refractivity contribution < 1.29 is 9.59 Å². The van der Waals surface area contributed by atoms with Crippen LogP contribution in [0.15, 0.2) is 36.4 Å². The van der Waals surface area contributed by atoms with E-state index < -0.39 is 6.04 Å². The molecular formula is C18H22N4O2. The number of rotatable bonds is 4. The number of anilines is 1. The summed E-state index contributed by atoms with van der Waals surface area (Å²) < 4.78 is 1.66. The van der Waals surface area contributed by atoms with Crippen LogP contribution in [-0.2, 0) is 11.3 Å². The zero-order chi connectivity index (χ0) is 17.3. The van der Waals surface area contributed by atoms with E-state index in [0.717, 1.165) is 11.4 Å². The molecular weight excluding hydrogens is 304 g/mol. The van der Waals surface area contributed by atoms with Crippen LogP contribution >= 0.6 is 0 Å². The van der Waals surface area contributed by atoms with E-state index in [0.29, 0.717) is 18.7 Å². The third-order valence-electron chi connectivity index (χ3n) is 4.33. The Labute approximate surface area is 141 Å². The van der Waals surface area contributed by atoms with Gasteiger partial charge in [-0.05, 0) is 45.4 Å². The summed E-state index contributed by atoms with van der Waals surface area (Å²) in [5.41, 5.74) is 2.15. The van der Waals surface area contributed by atoms with Crippen molar-refractivity contribution in [2.24, 2.45) is 0 Å². The van der Waals surface area contributed by atoms with Crippen LogP contribution in [0.4, 0.5) is 5.69 Å². The molecule has 1 aromatic carbocycles. The Morgan fingerprint density at radius 3 is 2.71 bits per heavy atom. The number of hydrogen-bond donors (Lipinski definition) is 1. The third-order valence-corrected chi connectivity index (χ3v) is 4.33. The molecule has 0 spiro atoms. The van der Waals surface area contributed by atoms with Crippen molar-refractivity contribution in [1.29, 1.82) is 0 Å². The van der Waals surface area contributed by atoms with Gasteiger partial charge in [0.25, 0.3) is 5.91 Å². The van der Waals surface area contributed by atoms with Gasteiger partial charge in [-0.25, -0.2) is 0 Å². The molecule has 0 bridgehead atoms. The molecule has 6 nitrogen and oxygen atoms in total. The van der Waals surface area contributed by atoms with Gasteiger partial charge in [-0.2, -0.15) is 5.10 Å². The molecule has 1 N–H and O–H groups in total. The highest BCUT2D eigenvalue weighted by Gasteiger charge is 2.39. The Balaban J connectivity index is 1.77. The highest BCUT2D eigenvalue weighted by molar-refractivity contribution is 6.04. The number of amides is 2. The van der Waals surface area contributed by atoms with Crippen LogP contribution in [0.2, 0.25) is 0 Å². The van der Waals surface area contributed by atoms with Gasteiger partial charge in [-0.3, -0.25) is 14.3 Å². The zero-order valence-electron chi connectivity index (χ0n) is 14.2. The Morgan fingerprint density at radius 2 is 2.04 bits per heavy atom. The van der Waals surface area contributed by atoms with E-state index in [9.17, 15) is 9.59 Å². The smallest absolute Gasteiger partial charge is 0.270 e. The van der Waals surface area contributed by atoms with E-state index in [1.807, 2.05) is 51.1 Å². The maximum Gasteiger partial charge on any atom is 0.270 e. The summed E-state index contributed by atoms with van der Waals surface area (Å²) in [6.45, 7) is 6.39. The standard InChI is InChI=1S/C18H22N4O2/c1-4-21-16(10-12(2)20-21)17(23)19-15-11-13(3)22(18(15)24)14-8-6-5-7-9-14/h5-10,13,15H,4,11H2,1-3H3,(H,19,23)/t13-,15+/m0/s1. The lowest BCUT2D eigenvalue weighted by Gasteiger charge is -2.21. The summed E-state index contributed by atoms with van der Waals surface area (Å²) in [5, 5.41) is 7.15. The Morgan fingerprint density at radius 1 is 1.33 bits per heavy atom. The first kappa shape index (κ1) is 16.2. The van der Waals surface area contributed by atoms with E-state index in [1.54, 1.807) is 15.6 Å². The number of aromatic nitrogens is 2. The second kappa shape index (κ2) is 6.47. The molecule has 2 amide bonds. The van der Waals surface area contributed by atoms with Gasteiger partial charge in [0.15, 0.2) is 0 Å². The van der Waals surface area contributed by atoms with Gasteiger partial charge >= 0.3 is 0 Å². The minimum atomic E-state index is -0.506. The van der Waals surface area contributed by atoms with Crippen molar-refractivity contribution in [2.45, 2.75) is 45.8 Å². The summed E-state index contributed by atoms with van der Waals surface area (Å²) in [7, 11) is 0. The third kappa shape index (κ3) is 2.91. The van der Waals surface area contributed by atoms with Crippen molar-refractivity contribution in [3.05, 3.63) is 47.8 Å². The summed E-state index contributed by atoms with van der Waals surface area (Å²) in [6, 6.07) is 10.8. The van der Waals surface area contributed by atoms with Crippen molar-refractivity contribution in [3.8, 4) is 0 Å². The molecule has 1 aliphatic heterocycles. The molecule has 0 unspecified atom stereocenters. The second-order valence-electron chi connectivity index (χ2n) is 6.14. The first-order valence-corrected chi connectivity index (χ1v) is 8.24. The molecule has 1 aliphatic rings. The first-order valence-electron chi connectivity index (χ1n) is 8.24. The molecule has 0 aliphatic carbocycles. The van der Waals surface area contributed by atoms with Crippen molar-refractivity contribution >= 4 is 17.5 Å². The number of benzene rings is 1. The molecule has 24 heavy (non-hydrogen) atoms. The molecule has 2 aromatic rings. The highest BCUT2D eigenvalue weighted by Crippen LogP contribution is 2.26. The molecule has 2 atom stereocenters. The van der Waals surface area contributed by atoms with E-state index in [-0.39, 0.29) is 17.9 Å². The fourth-order valence-electron chi connectivity index (χ4n) is 3.22. The highest BCUT2D eigenvalue weighted by atomic mass is 16.2. The largest absolute Gasteiger partial charge is 0.339 e. The molecule has 1 saturated heterocycles. The number of carbonyl (C=O) groups is 2. The Hall–Kier alpha value is -2.63. The van der Waals surface area contributed by atoms with Gasteiger partial charge in [0.1, 0.15) is 11.7 Å².